The van der Waals surface area contributed by atoms with Gasteiger partial charge in [-0.25, -0.2) is 9.97 Å². The first-order valence-corrected chi connectivity index (χ1v) is 4.63. The summed E-state index contributed by atoms with van der Waals surface area (Å²) in [5.74, 6) is 0.891. The third kappa shape index (κ3) is 2.00. The van der Waals surface area contributed by atoms with E-state index in [4.69, 9.17) is 9.84 Å². The summed E-state index contributed by atoms with van der Waals surface area (Å²) < 4.78 is 5.34. The zero-order valence-electron chi connectivity index (χ0n) is 7.83. The molecule has 1 fully saturated rings. The average molecular weight is 195 g/mol. The van der Waals surface area contributed by atoms with Crippen LogP contribution in [0.15, 0.2) is 18.6 Å². The molecular weight excluding hydrogens is 182 g/mol. The lowest BCUT2D eigenvalue weighted by Crippen LogP contribution is -2.44. The fourth-order valence-corrected chi connectivity index (χ4v) is 1.51. The largest absolute Gasteiger partial charge is 0.394 e. The van der Waals surface area contributed by atoms with Crippen LogP contribution in [0, 0.1) is 0 Å². The fraction of sp³-hybridized carbons (Fsp3) is 0.556. The molecule has 1 unspecified atom stereocenters. The van der Waals surface area contributed by atoms with Gasteiger partial charge in [-0.2, -0.15) is 0 Å². The van der Waals surface area contributed by atoms with Crippen LogP contribution in [-0.2, 0) is 4.74 Å². The van der Waals surface area contributed by atoms with Crippen molar-refractivity contribution in [2.24, 2.45) is 0 Å². The van der Waals surface area contributed by atoms with Crippen LogP contribution in [0.1, 0.15) is 0 Å². The molecule has 2 heterocycles. The van der Waals surface area contributed by atoms with Crippen LogP contribution in [-0.4, -0.2) is 47.5 Å². The molecule has 1 aromatic rings. The quantitative estimate of drug-likeness (QED) is 0.700. The summed E-state index contributed by atoms with van der Waals surface area (Å²) in [5.41, 5.74) is 0. The molecule has 5 nitrogen and oxygen atoms in total. The van der Waals surface area contributed by atoms with Gasteiger partial charge in [0.05, 0.1) is 19.3 Å². The second-order valence-corrected chi connectivity index (χ2v) is 3.19. The molecule has 0 bridgehead atoms. The Balaban J connectivity index is 2.04. The van der Waals surface area contributed by atoms with E-state index in [1.165, 1.54) is 6.33 Å². The van der Waals surface area contributed by atoms with Gasteiger partial charge in [0.15, 0.2) is 0 Å². The maximum absolute atomic E-state index is 8.97. The Bertz CT molecular complexity index is 281. The van der Waals surface area contributed by atoms with Crippen molar-refractivity contribution in [3.8, 4) is 0 Å². The van der Waals surface area contributed by atoms with Gasteiger partial charge in [0.1, 0.15) is 12.1 Å². The first-order chi connectivity index (χ1) is 6.90. The molecule has 0 aliphatic carbocycles. The highest BCUT2D eigenvalue weighted by Crippen LogP contribution is 2.13. The SMILES string of the molecule is OCC1CN(c2ccncn2)CCO1. The van der Waals surface area contributed by atoms with Crippen LogP contribution >= 0.6 is 0 Å². The lowest BCUT2D eigenvalue weighted by molar-refractivity contribution is 0.00335. The van der Waals surface area contributed by atoms with E-state index >= 15 is 0 Å². The van der Waals surface area contributed by atoms with Crippen LogP contribution in [0.4, 0.5) is 5.82 Å². The molecule has 0 radical (unpaired) electrons. The first kappa shape index (κ1) is 9.36. The average Bonchev–Trinajstić information content (AvgIpc) is 2.30. The van der Waals surface area contributed by atoms with Gasteiger partial charge in [0.2, 0.25) is 0 Å². The van der Waals surface area contributed by atoms with E-state index in [1.807, 2.05) is 6.07 Å². The number of hydrogen-bond donors (Lipinski definition) is 1. The van der Waals surface area contributed by atoms with Crippen molar-refractivity contribution in [1.82, 2.24) is 9.97 Å². The highest BCUT2D eigenvalue weighted by atomic mass is 16.5. The van der Waals surface area contributed by atoms with E-state index in [1.54, 1.807) is 6.20 Å². The minimum absolute atomic E-state index is 0.0571. The van der Waals surface area contributed by atoms with Crippen molar-refractivity contribution in [3.63, 3.8) is 0 Å². The molecule has 1 N–H and O–H groups in total. The van der Waals surface area contributed by atoms with E-state index in [9.17, 15) is 0 Å². The monoisotopic (exact) mass is 195 g/mol. The molecule has 1 atom stereocenters. The molecule has 0 spiro atoms. The molecule has 1 saturated heterocycles. The summed E-state index contributed by atoms with van der Waals surface area (Å²) in [6, 6.07) is 1.86. The van der Waals surface area contributed by atoms with Crippen LogP contribution in [0.25, 0.3) is 0 Å². The number of ether oxygens (including phenoxy) is 1. The van der Waals surface area contributed by atoms with Crippen molar-refractivity contribution < 1.29 is 9.84 Å². The number of aliphatic hydroxyl groups excluding tert-OH is 1. The summed E-state index contributed by atoms with van der Waals surface area (Å²) >= 11 is 0. The molecule has 1 aliphatic rings. The normalized spacial score (nSPS) is 22.4. The minimum atomic E-state index is -0.0984. The van der Waals surface area contributed by atoms with Gasteiger partial charge in [0.25, 0.3) is 0 Å². The van der Waals surface area contributed by atoms with Gasteiger partial charge in [-0.3, -0.25) is 0 Å². The Morgan fingerprint density at radius 1 is 1.64 bits per heavy atom. The second-order valence-electron chi connectivity index (χ2n) is 3.19. The summed E-state index contributed by atoms with van der Waals surface area (Å²) in [6.07, 6.45) is 3.14. The number of nitrogens with zero attached hydrogens (tertiary/aromatic N) is 3. The molecule has 1 aromatic heterocycles. The predicted octanol–water partition coefficient (Wildman–Crippen LogP) is -0.326. The fourth-order valence-electron chi connectivity index (χ4n) is 1.51. The molecule has 5 heteroatoms. The lowest BCUT2D eigenvalue weighted by Gasteiger charge is -2.32. The van der Waals surface area contributed by atoms with Crippen molar-refractivity contribution >= 4 is 5.82 Å². The Morgan fingerprint density at radius 3 is 3.29 bits per heavy atom. The van der Waals surface area contributed by atoms with Gasteiger partial charge in [-0.05, 0) is 6.07 Å². The molecule has 76 valence electrons. The van der Waals surface area contributed by atoms with Gasteiger partial charge in [-0.15, -0.1) is 0 Å². The van der Waals surface area contributed by atoms with E-state index in [0.29, 0.717) is 13.2 Å². The molecule has 0 aromatic carbocycles. The van der Waals surface area contributed by atoms with Crippen molar-refractivity contribution in [2.75, 3.05) is 31.2 Å². The number of aromatic nitrogens is 2. The Kier molecular flexibility index (Phi) is 2.90. The predicted molar refractivity (Wildman–Crippen MR) is 51.1 cm³/mol. The smallest absolute Gasteiger partial charge is 0.132 e. The van der Waals surface area contributed by atoms with Gasteiger partial charge in [-0.1, -0.05) is 0 Å². The first-order valence-electron chi connectivity index (χ1n) is 4.63. The molecule has 2 rings (SSSR count). The van der Waals surface area contributed by atoms with E-state index in [-0.39, 0.29) is 12.7 Å². The van der Waals surface area contributed by atoms with E-state index < -0.39 is 0 Å². The Labute approximate surface area is 82.4 Å². The minimum Gasteiger partial charge on any atom is -0.394 e. The van der Waals surface area contributed by atoms with Gasteiger partial charge < -0.3 is 14.7 Å². The Morgan fingerprint density at radius 2 is 2.57 bits per heavy atom. The van der Waals surface area contributed by atoms with Crippen LogP contribution in [0.2, 0.25) is 0 Å². The van der Waals surface area contributed by atoms with Gasteiger partial charge >= 0.3 is 0 Å². The van der Waals surface area contributed by atoms with Crippen molar-refractivity contribution in [2.45, 2.75) is 6.10 Å². The third-order valence-electron chi connectivity index (χ3n) is 2.23. The van der Waals surface area contributed by atoms with E-state index in [0.717, 1.165) is 12.4 Å². The highest BCUT2D eigenvalue weighted by molar-refractivity contribution is 5.36. The number of morpholine rings is 1. The number of rotatable bonds is 2. The topological polar surface area (TPSA) is 58.5 Å². The van der Waals surface area contributed by atoms with Crippen LogP contribution in [0.3, 0.4) is 0 Å². The highest BCUT2D eigenvalue weighted by Gasteiger charge is 2.20. The lowest BCUT2D eigenvalue weighted by atomic mass is 10.3. The molecule has 14 heavy (non-hydrogen) atoms. The summed E-state index contributed by atoms with van der Waals surface area (Å²) in [4.78, 5) is 10.1. The number of anilines is 1. The molecule has 1 aliphatic heterocycles. The van der Waals surface area contributed by atoms with Gasteiger partial charge in [0, 0.05) is 19.3 Å². The summed E-state index contributed by atoms with van der Waals surface area (Å²) in [5, 5.41) is 8.97. The maximum atomic E-state index is 8.97. The molecule has 0 saturated carbocycles. The Hall–Kier alpha value is -1.20. The summed E-state index contributed by atoms with van der Waals surface area (Å²) in [7, 11) is 0. The standard InChI is InChI=1S/C9H13N3O2/c13-6-8-5-12(3-4-14-8)9-1-2-10-7-11-9/h1-2,7-8,13H,3-6H2. The van der Waals surface area contributed by atoms with E-state index in [2.05, 4.69) is 14.9 Å². The number of aliphatic hydroxyl groups is 1. The number of hydrogen-bond acceptors (Lipinski definition) is 5. The zero-order valence-corrected chi connectivity index (χ0v) is 7.83. The zero-order chi connectivity index (χ0) is 9.80. The van der Waals surface area contributed by atoms with Crippen molar-refractivity contribution in [1.29, 1.82) is 0 Å². The second kappa shape index (κ2) is 4.34. The van der Waals surface area contributed by atoms with Crippen molar-refractivity contribution in [3.05, 3.63) is 18.6 Å². The molecule has 0 amide bonds. The third-order valence-corrected chi connectivity index (χ3v) is 2.23. The van der Waals surface area contributed by atoms with Crippen LogP contribution < -0.4 is 4.90 Å². The molecular formula is C9H13N3O2. The van der Waals surface area contributed by atoms with Crippen LogP contribution in [0.5, 0.6) is 0 Å². The maximum Gasteiger partial charge on any atom is 0.132 e. The summed E-state index contributed by atoms with van der Waals surface area (Å²) in [6.45, 7) is 2.19.